The summed E-state index contributed by atoms with van der Waals surface area (Å²) in [5, 5.41) is 8.73. The van der Waals surface area contributed by atoms with Gasteiger partial charge in [0.1, 0.15) is 4.47 Å². The van der Waals surface area contributed by atoms with Crippen molar-refractivity contribution in [3.05, 3.63) is 26.8 Å². The third-order valence-electron chi connectivity index (χ3n) is 3.07. The first kappa shape index (κ1) is 11.3. The summed E-state index contributed by atoms with van der Waals surface area (Å²) >= 11 is 3.24. The van der Waals surface area contributed by atoms with E-state index in [0.29, 0.717) is 23.1 Å². The molecule has 0 saturated heterocycles. The molecule has 1 aliphatic rings. The highest BCUT2D eigenvalue weighted by atomic mass is 79.9. The minimum atomic E-state index is -0.0586. The molecule has 16 heavy (non-hydrogen) atoms. The Morgan fingerprint density at radius 3 is 2.94 bits per heavy atom. The van der Waals surface area contributed by atoms with Crippen LogP contribution in [0, 0.1) is 23.7 Å². The highest BCUT2D eigenvalue weighted by Crippen LogP contribution is 2.49. The summed E-state index contributed by atoms with van der Waals surface area (Å²) in [6.45, 7) is 2.39. The molecule has 1 fully saturated rings. The van der Waals surface area contributed by atoms with Crippen molar-refractivity contribution in [2.24, 2.45) is 5.41 Å². The summed E-state index contributed by atoms with van der Waals surface area (Å²) in [5.41, 5.74) is 0.665. The summed E-state index contributed by atoms with van der Waals surface area (Å²) in [5.74, 6) is 0. The van der Waals surface area contributed by atoms with Gasteiger partial charge < -0.3 is 0 Å². The maximum absolute atomic E-state index is 11.9. The molecule has 84 valence electrons. The molecule has 0 bridgehead atoms. The van der Waals surface area contributed by atoms with Crippen LogP contribution in [0.3, 0.4) is 0 Å². The molecule has 1 saturated carbocycles. The molecule has 2 rings (SSSR count). The van der Waals surface area contributed by atoms with E-state index in [1.807, 2.05) is 0 Å². The van der Waals surface area contributed by atoms with Crippen LogP contribution in [-0.2, 0) is 6.54 Å². The molecule has 4 nitrogen and oxygen atoms in total. The van der Waals surface area contributed by atoms with Gasteiger partial charge in [0, 0.05) is 18.4 Å². The van der Waals surface area contributed by atoms with E-state index in [4.69, 9.17) is 5.26 Å². The average molecular weight is 282 g/mol. The summed E-state index contributed by atoms with van der Waals surface area (Å²) in [4.78, 5) is 16.0. The molecule has 0 aliphatic heterocycles. The summed E-state index contributed by atoms with van der Waals surface area (Å²) in [7, 11) is 0. The van der Waals surface area contributed by atoms with Crippen LogP contribution in [0.15, 0.2) is 15.6 Å². The molecule has 5 heteroatoms. The second-order valence-electron chi connectivity index (χ2n) is 4.41. The number of nitriles is 1. The van der Waals surface area contributed by atoms with Crippen LogP contribution in [0.25, 0.3) is 0 Å². The van der Waals surface area contributed by atoms with E-state index in [0.717, 1.165) is 12.8 Å². The van der Waals surface area contributed by atoms with E-state index < -0.39 is 0 Å². The van der Waals surface area contributed by atoms with Gasteiger partial charge in [-0.1, -0.05) is 0 Å². The number of halogens is 1. The van der Waals surface area contributed by atoms with E-state index >= 15 is 0 Å². The molecule has 0 unspecified atom stereocenters. The number of hydrogen-bond acceptors (Lipinski definition) is 3. The molecule has 0 spiro atoms. The second-order valence-corrected chi connectivity index (χ2v) is 5.20. The molecule has 0 radical (unpaired) electrons. The van der Waals surface area contributed by atoms with Crippen LogP contribution >= 0.6 is 15.9 Å². The number of aromatic nitrogens is 2. The van der Waals surface area contributed by atoms with Crippen molar-refractivity contribution in [2.75, 3.05) is 0 Å². The molecule has 1 aromatic heterocycles. The van der Waals surface area contributed by atoms with Crippen molar-refractivity contribution in [3.8, 4) is 6.07 Å². The fourth-order valence-corrected chi connectivity index (χ4v) is 2.09. The molecule has 1 aliphatic carbocycles. The maximum Gasteiger partial charge on any atom is 0.267 e. The largest absolute Gasteiger partial charge is 0.298 e. The van der Waals surface area contributed by atoms with E-state index in [1.165, 1.54) is 0 Å². The lowest BCUT2D eigenvalue weighted by atomic mass is 10.0. The van der Waals surface area contributed by atoms with Crippen molar-refractivity contribution < 1.29 is 0 Å². The molecular weight excluding hydrogens is 270 g/mol. The Morgan fingerprint density at radius 2 is 2.38 bits per heavy atom. The fourth-order valence-electron chi connectivity index (χ4n) is 1.76. The Bertz CT molecular complexity index is 511. The molecule has 0 atom stereocenters. The van der Waals surface area contributed by atoms with E-state index in [-0.39, 0.29) is 11.0 Å². The molecule has 0 N–H and O–H groups in total. The van der Waals surface area contributed by atoms with Gasteiger partial charge in [0.15, 0.2) is 0 Å². The standard InChI is InChI=1S/C11H12BrN3O/c1-8-9(12)10(16)15(7-14-8)6-11(2-3-11)4-5-13/h7H,2-4,6H2,1H3. The number of nitrogens with zero attached hydrogens (tertiary/aromatic N) is 3. The fraction of sp³-hybridized carbons (Fsp3) is 0.545. The zero-order valence-electron chi connectivity index (χ0n) is 9.03. The van der Waals surface area contributed by atoms with Gasteiger partial charge in [-0.05, 0) is 35.7 Å². The van der Waals surface area contributed by atoms with Crippen molar-refractivity contribution in [3.63, 3.8) is 0 Å². The van der Waals surface area contributed by atoms with Gasteiger partial charge >= 0.3 is 0 Å². The Labute approximate surface area is 102 Å². The predicted molar refractivity (Wildman–Crippen MR) is 62.8 cm³/mol. The number of hydrogen-bond donors (Lipinski definition) is 0. The smallest absolute Gasteiger partial charge is 0.267 e. The van der Waals surface area contributed by atoms with E-state index in [1.54, 1.807) is 17.8 Å². The normalized spacial score (nSPS) is 16.8. The van der Waals surface area contributed by atoms with Crippen molar-refractivity contribution >= 4 is 15.9 Å². The zero-order chi connectivity index (χ0) is 11.8. The van der Waals surface area contributed by atoms with Gasteiger partial charge in [-0.3, -0.25) is 9.36 Å². The van der Waals surface area contributed by atoms with Crippen LogP contribution in [-0.4, -0.2) is 9.55 Å². The van der Waals surface area contributed by atoms with E-state index in [2.05, 4.69) is 27.0 Å². The minimum absolute atomic E-state index is 0.0228. The van der Waals surface area contributed by atoms with Gasteiger partial charge in [-0.25, -0.2) is 4.98 Å². The van der Waals surface area contributed by atoms with Crippen LogP contribution in [0.2, 0.25) is 0 Å². The van der Waals surface area contributed by atoms with Gasteiger partial charge in [0.2, 0.25) is 0 Å². The monoisotopic (exact) mass is 281 g/mol. The van der Waals surface area contributed by atoms with Crippen molar-refractivity contribution in [2.45, 2.75) is 32.7 Å². The Hall–Kier alpha value is -1.15. The molecule has 1 aromatic rings. The topological polar surface area (TPSA) is 58.7 Å². The van der Waals surface area contributed by atoms with Crippen molar-refractivity contribution in [1.82, 2.24) is 9.55 Å². The van der Waals surface area contributed by atoms with Crippen LogP contribution in [0.5, 0.6) is 0 Å². The van der Waals surface area contributed by atoms with Gasteiger partial charge in [-0.2, -0.15) is 5.26 Å². The summed E-state index contributed by atoms with van der Waals surface area (Å²) in [6.07, 6.45) is 4.14. The number of rotatable bonds is 3. The number of aryl methyl sites for hydroxylation is 1. The summed E-state index contributed by atoms with van der Waals surface area (Å²) in [6, 6.07) is 2.19. The average Bonchev–Trinajstić information content (AvgIpc) is 3.00. The SMILES string of the molecule is Cc1ncn(CC2(CC#N)CC2)c(=O)c1Br. The van der Waals surface area contributed by atoms with Gasteiger partial charge in [-0.15, -0.1) is 0 Å². The highest BCUT2D eigenvalue weighted by molar-refractivity contribution is 9.10. The lowest BCUT2D eigenvalue weighted by Crippen LogP contribution is -2.26. The lowest BCUT2D eigenvalue weighted by Gasteiger charge is -2.13. The van der Waals surface area contributed by atoms with E-state index in [9.17, 15) is 4.79 Å². The quantitative estimate of drug-likeness (QED) is 0.852. The minimum Gasteiger partial charge on any atom is -0.298 e. The zero-order valence-corrected chi connectivity index (χ0v) is 10.6. The Morgan fingerprint density at radius 1 is 1.69 bits per heavy atom. The highest BCUT2D eigenvalue weighted by Gasteiger charge is 2.42. The first-order chi connectivity index (χ1) is 7.58. The first-order valence-corrected chi connectivity index (χ1v) is 5.96. The molecule has 0 aromatic carbocycles. The summed E-state index contributed by atoms with van der Waals surface area (Å²) < 4.78 is 2.12. The molecular formula is C11H12BrN3O. The van der Waals surface area contributed by atoms with Gasteiger partial charge in [0.05, 0.1) is 18.1 Å². The lowest BCUT2D eigenvalue weighted by molar-refractivity contribution is 0.418. The predicted octanol–water partition coefficient (Wildman–Crippen LogP) is 2.01. The van der Waals surface area contributed by atoms with Gasteiger partial charge in [0.25, 0.3) is 5.56 Å². The van der Waals surface area contributed by atoms with Crippen LogP contribution < -0.4 is 5.56 Å². The third kappa shape index (κ3) is 2.03. The maximum atomic E-state index is 11.9. The Kier molecular flexibility index (Phi) is 2.85. The second kappa shape index (κ2) is 4.02. The van der Waals surface area contributed by atoms with Crippen LogP contribution in [0.4, 0.5) is 0 Å². The van der Waals surface area contributed by atoms with Crippen LogP contribution in [0.1, 0.15) is 25.0 Å². The Balaban J connectivity index is 2.27. The molecule has 0 amide bonds. The first-order valence-electron chi connectivity index (χ1n) is 5.16. The molecule has 1 heterocycles. The van der Waals surface area contributed by atoms with Crippen molar-refractivity contribution in [1.29, 1.82) is 5.26 Å². The third-order valence-corrected chi connectivity index (χ3v) is 3.99.